The maximum atomic E-state index is 11.4. The summed E-state index contributed by atoms with van der Waals surface area (Å²) in [5, 5.41) is 0. The molecule has 0 amide bonds. The van der Waals surface area contributed by atoms with Crippen molar-refractivity contribution in [1.82, 2.24) is 0 Å². The molecule has 0 aliphatic carbocycles. The van der Waals surface area contributed by atoms with E-state index in [9.17, 15) is 9.59 Å². The van der Waals surface area contributed by atoms with Crippen LogP contribution in [0.15, 0.2) is 12.2 Å². The number of ether oxygens (including phenoxy) is 2. The molecule has 6 nitrogen and oxygen atoms in total. The summed E-state index contributed by atoms with van der Waals surface area (Å²) in [7, 11) is 1.26. The number of ketones is 1. The minimum Gasteiger partial charge on any atom is -0.465 e. The summed E-state index contributed by atoms with van der Waals surface area (Å²) in [5.74, 6) is -2.06. The second-order valence-electron chi connectivity index (χ2n) is 4.46. The van der Waals surface area contributed by atoms with Crippen molar-refractivity contribution in [3.8, 4) is 0 Å². The molecule has 0 aromatic rings. The van der Waals surface area contributed by atoms with Crippen LogP contribution in [0.25, 0.3) is 0 Å². The average Bonchev–Trinajstić information content (AvgIpc) is 2.75. The zero-order valence-electron chi connectivity index (χ0n) is 11.5. The number of allylic oxidation sites excluding steroid dienone is 2. The van der Waals surface area contributed by atoms with Crippen LogP contribution in [0.3, 0.4) is 0 Å². The van der Waals surface area contributed by atoms with E-state index in [4.69, 9.17) is 14.5 Å². The molecule has 0 N–H and O–H groups in total. The highest BCUT2D eigenvalue weighted by Crippen LogP contribution is 2.28. The molecule has 0 bridgehead atoms. The van der Waals surface area contributed by atoms with Gasteiger partial charge >= 0.3 is 5.97 Å². The molecule has 2 atom stereocenters. The maximum Gasteiger partial charge on any atom is 0.369 e. The fraction of sp³-hybridized carbons (Fsp3) is 0.692. The van der Waals surface area contributed by atoms with Crippen LogP contribution in [0.1, 0.15) is 39.5 Å². The lowest BCUT2D eigenvalue weighted by molar-refractivity contribution is -0.321. The van der Waals surface area contributed by atoms with E-state index in [1.807, 2.05) is 6.08 Å². The molecule has 0 aromatic heterocycles. The van der Waals surface area contributed by atoms with Crippen LogP contribution < -0.4 is 0 Å². The first kappa shape index (κ1) is 15.8. The molecule has 0 aromatic carbocycles. The Labute approximate surface area is 112 Å². The van der Waals surface area contributed by atoms with Gasteiger partial charge in [-0.25, -0.2) is 9.68 Å². The first-order valence-corrected chi connectivity index (χ1v) is 6.26. The van der Waals surface area contributed by atoms with Crippen LogP contribution in [0.4, 0.5) is 0 Å². The average molecular weight is 272 g/mol. The number of esters is 1. The topological polar surface area (TPSA) is 71.1 Å². The highest BCUT2D eigenvalue weighted by Gasteiger charge is 2.47. The van der Waals surface area contributed by atoms with Gasteiger partial charge in [-0.05, 0) is 32.3 Å². The number of rotatable bonds is 7. The van der Waals surface area contributed by atoms with Gasteiger partial charge in [-0.15, -0.1) is 0 Å². The van der Waals surface area contributed by atoms with Crippen molar-refractivity contribution in [3.05, 3.63) is 12.2 Å². The van der Waals surface area contributed by atoms with Crippen molar-refractivity contribution in [2.45, 2.75) is 51.6 Å². The monoisotopic (exact) mass is 272 g/mol. The van der Waals surface area contributed by atoms with E-state index in [1.165, 1.54) is 21.0 Å². The minimum atomic E-state index is -1.48. The Morgan fingerprint density at radius 1 is 1.37 bits per heavy atom. The SMILES string of the molecule is COC(=O)C1(C)OOC(CCCC/C=C/C(C)=O)O1. The van der Waals surface area contributed by atoms with Crippen molar-refractivity contribution >= 4 is 11.8 Å². The van der Waals surface area contributed by atoms with Crippen molar-refractivity contribution in [2.75, 3.05) is 7.11 Å². The van der Waals surface area contributed by atoms with Crippen molar-refractivity contribution in [2.24, 2.45) is 0 Å². The number of hydrogen-bond donors (Lipinski definition) is 0. The van der Waals surface area contributed by atoms with Gasteiger partial charge in [0, 0.05) is 13.3 Å². The summed E-state index contributed by atoms with van der Waals surface area (Å²) < 4.78 is 9.91. The molecule has 1 rings (SSSR count). The maximum absolute atomic E-state index is 11.4. The lowest BCUT2D eigenvalue weighted by atomic mass is 10.1. The zero-order chi connectivity index (χ0) is 14.3. The van der Waals surface area contributed by atoms with Gasteiger partial charge in [-0.3, -0.25) is 4.79 Å². The molecular weight excluding hydrogens is 252 g/mol. The third kappa shape index (κ3) is 5.10. The summed E-state index contributed by atoms with van der Waals surface area (Å²) in [5.41, 5.74) is 0. The minimum absolute atomic E-state index is 0.0460. The Balaban J connectivity index is 2.19. The van der Waals surface area contributed by atoms with Crippen LogP contribution >= 0.6 is 0 Å². The Kier molecular flexibility index (Phi) is 6.14. The van der Waals surface area contributed by atoms with Gasteiger partial charge in [-0.2, -0.15) is 4.89 Å². The van der Waals surface area contributed by atoms with Crippen LogP contribution in [-0.2, 0) is 28.8 Å². The molecule has 0 saturated carbocycles. The quantitative estimate of drug-likeness (QED) is 0.305. The normalized spacial score (nSPS) is 26.8. The van der Waals surface area contributed by atoms with Gasteiger partial charge < -0.3 is 9.47 Å². The predicted octanol–water partition coefficient (Wildman–Crippen LogP) is 1.89. The summed E-state index contributed by atoms with van der Waals surface area (Å²) in [4.78, 5) is 31.8. The second kappa shape index (κ2) is 7.37. The van der Waals surface area contributed by atoms with Gasteiger partial charge in [0.2, 0.25) is 0 Å². The first-order valence-electron chi connectivity index (χ1n) is 6.26. The Morgan fingerprint density at radius 2 is 2.11 bits per heavy atom. The van der Waals surface area contributed by atoms with Crippen LogP contribution in [0, 0.1) is 0 Å². The molecule has 0 radical (unpaired) electrons. The first-order chi connectivity index (χ1) is 8.98. The zero-order valence-corrected chi connectivity index (χ0v) is 11.5. The van der Waals surface area contributed by atoms with Crippen molar-refractivity contribution < 1.29 is 28.8 Å². The third-order valence-corrected chi connectivity index (χ3v) is 2.64. The molecule has 1 fully saturated rings. The molecular formula is C13H20O6. The highest BCUT2D eigenvalue weighted by molar-refractivity contribution is 5.87. The van der Waals surface area contributed by atoms with Gasteiger partial charge in [-0.1, -0.05) is 6.08 Å². The smallest absolute Gasteiger partial charge is 0.369 e. The molecule has 108 valence electrons. The number of methoxy groups -OCH3 is 1. The Morgan fingerprint density at radius 3 is 2.74 bits per heavy atom. The number of carbonyl (C=O) groups excluding carboxylic acids is 2. The Bertz CT molecular complexity index is 351. The van der Waals surface area contributed by atoms with Crippen molar-refractivity contribution in [1.29, 1.82) is 0 Å². The van der Waals surface area contributed by atoms with E-state index in [0.29, 0.717) is 6.42 Å². The molecule has 19 heavy (non-hydrogen) atoms. The second-order valence-corrected chi connectivity index (χ2v) is 4.46. The fourth-order valence-corrected chi connectivity index (χ4v) is 1.63. The van der Waals surface area contributed by atoms with E-state index in [-0.39, 0.29) is 5.78 Å². The predicted molar refractivity (Wildman–Crippen MR) is 65.8 cm³/mol. The van der Waals surface area contributed by atoms with Gasteiger partial charge in [0.15, 0.2) is 12.1 Å². The van der Waals surface area contributed by atoms with Gasteiger partial charge in [0.25, 0.3) is 5.79 Å². The largest absolute Gasteiger partial charge is 0.465 e. The van der Waals surface area contributed by atoms with Gasteiger partial charge in [0.1, 0.15) is 0 Å². The lowest BCUT2D eigenvalue weighted by Gasteiger charge is -2.16. The molecule has 1 aliphatic rings. The number of carbonyl (C=O) groups is 2. The Hall–Kier alpha value is -1.24. The molecule has 1 saturated heterocycles. The molecule has 1 aliphatic heterocycles. The summed E-state index contributed by atoms with van der Waals surface area (Å²) in [6, 6.07) is 0. The van der Waals surface area contributed by atoms with E-state index in [0.717, 1.165) is 19.3 Å². The third-order valence-electron chi connectivity index (χ3n) is 2.64. The summed E-state index contributed by atoms with van der Waals surface area (Å²) in [6.07, 6.45) is 6.01. The molecule has 6 heteroatoms. The van der Waals surface area contributed by atoms with E-state index < -0.39 is 18.0 Å². The standard InChI is InChI=1S/C13H20O6/c1-10(14)8-6-4-5-7-9-11-17-13(2,19-18-11)12(15)16-3/h6,8,11H,4-5,7,9H2,1-3H3/b8-6+. The van der Waals surface area contributed by atoms with E-state index in [2.05, 4.69) is 4.74 Å². The number of hydrogen-bond acceptors (Lipinski definition) is 6. The number of unbranched alkanes of at least 4 members (excludes halogenated alkanes) is 2. The summed E-state index contributed by atoms with van der Waals surface area (Å²) >= 11 is 0. The van der Waals surface area contributed by atoms with Gasteiger partial charge in [0.05, 0.1) is 7.11 Å². The molecule has 1 heterocycles. The fourth-order valence-electron chi connectivity index (χ4n) is 1.63. The van der Waals surface area contributed by atoms with Crippen LogP contribution in [-0.4, -0.2) is 30.9 Å². The van der Waals surface area contributed by atoms with Crippen LogP contribution in [0.5, 0.6) is 0 Å². The molecule has 0 spiro atoms. The lowest BCUT2D eigenvalue weighted by Crippen LogP contribution is -2.38. The highest BCUT2D eigenvalue weighted by atomic mass is 17.3. The van der Waals surface area contributed by atoms with E-state index in [1.54, 1.807) is 6.08 Å². The van der Waals surface area contributed by atoms with Crippen LogP contribution in [0.2, 0.25) is 0 Å². The summed E-state index contributed by atoms with van der Waals surface area (Å²) in [6.45, 7) is 2.97. The van der Waals surface area contributed by atoms with Crippen molar-refractivity contribution in [3.63, 3.8) is 0 Å². The molecule has 2 unspecified atom stereocenters. The van der Waals surface area contributed by atoms with E-state index >= 15 is 0 Å².